The number of nitrogens with zero attached hydrogens (tertiary/aromatic N) is 2. The third kappa shape index (κ3) is 3.88. The van der Waals surface area contributed by atoms with Crippen LogP contribution >= 0.6 is 15.9 Å². The molecular formula is C21H23BrN2O3S. The van der Waals surface area contributed by atoms with Gasteiger partial charge in [-0.1, -0.05) is 34.5 Å². The number of hydrogen-bond acceptors (Lipinski definition) is 3. The van der Waals surface area contributed by atoms with E-state index >= 15 is 0 Å². The van der Waals surface area contributed by atoms with E-state index in [1.54, 1.807) is 27.4 Å². The summed E-state index contributed by atoms with van der Waals surface area (Å²) in [6.45, 7) is 1.78. The van der Waals surface area contributed by atoms with Crippen molar-refractivity contribution in [1.82, 2.24) is 4.31 Å². The van der Waals surface area contributed by atoms with Crippen LogP contribution in [0.4, 0.5) is 5.69 Å². The lowest BCUT2D eigenvalue weighted by Gasteiger charge is -2.26. The average Bonchev–Trinajstić information content (AvgIpc) is 3.14. The highest BCUT2D eigenvalue weighted by Crippen LogP contribution is 2.32. The SMILES string of the molecule is O=C(Cc1ccc(Br)cc1)N1CCc2cc(S(=O)(=O)N3CCCCC3)ccc21. The molecule has 4 rings (SSSR count). The largest absolute Gasteiger partial charge is 0.312 e. The van der Waals surface area contributed by atoms with Crippen molar-refractivity contribution in [1.29, 1.82) is 0 Å². The second kappa shape index (κ2) is 7.97. The van der Waals surface area contributed by atoms with Crippen LogP contribution in [-0.4, -0.2) is 38.3 Å². The van der Waals surface area contributed by atoms with Gasteiger partial charge in [0.05, 0.1) is 11.3 Å². The number of anilines is 1. The summed E-state index contributed by atoms with van der Waals surface area (Å²) >= 11 is 3.40. The lowest BCUT2D eigenvalue weighted by molar-refractivity contribution is -0.117. The van der Waals surface area contributed by atoms with Crippen LogP contribution in [0, 0.1) is 0 Å². The third-order valence-electron chi connectivity index (χ3n) is 5.47. The zero-order valence-corrected chi connectivity index (χ0v) is 18.0. The summed E-state index contributed by atoms with van der Waals surface area (Å²) in [4.78, 5) is 14.9. The van der Waals surface area contributed by atoms with Crippen molar-refractivity contribution in [2.75, 3.05) is 24.5 Å². The maximum atomic E-state index is 12.9. The maximum Gasteiger partial charge on any atom is 0.243 e. The molecule has 1 amide bonds. The summed E-state index contributed by atoms with van der Waals surface area (Å²) in [7, 11) is -3.45. The van der Waals surface area contributed by atoms with E-state index in [1.165, 1.54) is 0 Å². The number of carbonyl (C=O) groups excluding carboxylic acids is 1. The Balaban J connectivity index is 1.53. The zero-order chi connectivity index (χ0) is 19.7. The fourth-order valence-corrected chi connectivity index (χ4v) is 5.76. The van der Waals surface area contributed by atoms with Gasteiger partial charge in [-0.3, -0.25) is 4.79 Å². The van der Waals surface area contributed by atoms with Gasteiger partial charge >= 0.3 is 0 Å². The number of benzene rings is 2. The van der Waals surface area contributed by atoms with Gasteiger partial charge in [0, 0.05) is 29.8 Å². The van der Waals surface area contributed by atoms with Gasteiger partial charge in [-0.2, -0.15) is 4.31 Å². The molecule has 0 saturated carbocycles. The number of piperidine rings is 1. The van der Waals surface area contributed by atoms with Crippen molar-refractivity contribution in [3.8, 4) is 0 Å². The molecule has 2 aliphatic heterocycles. The molecule has 148 valence electrons. The van der Waals surface area contributed by atoms with Gasteiger partial charge in [-0.25, -0.2) is 8.42 Å². The fraction of sp³-hybridized carbons (Fsp3) is 0.381. The molecule has 0 aromatic heterocycles. The molecule has 0 radical (unpaired) electrons. The number of amides is 1. The minimum atomic E-state index is -3.45. The van der Waals surface area contributed by atoms with Gasteiger partial charge in [0.15, 0.2) is 0 Å². The fourth-order valence-electron chi connectivity index (χ4n) is 3.92. The normalized spacial score (nSPS) is 17.5. The molecule has 5 nitrogen and oxygen atoms in total. The van der Waals surface area contributed by atoms with E-state index in [-0.39, 0.29) is 5.91 Å². The Bertz CT molecular complexity index is 983. The molecule has 2 aliphatic rings. The summed E-state index contributed by atoms with van der Waals surface area (Å²) in [5, 5.41) is 0. The van der Waals surface area contributed by atoms with Gasteiger partial charge in [-0.05, 0) is 60.7 Å². The minimum absolute atomic E-state index is 0.0349. The molecule has 0 unspecified atom stereocenters. The Kier molecular flexibility index (Phi) is 5.58. The van der Waals surface area contributed by atoms with Crippen LogP contribution in [0.2, 0.25) is 0 Å². The molecule has 0 N–H and O–H groups in total. The topological polar surface area (TPSA) is 57.7 Å². The van der Waals surface area contributed by atoms with Gasteiger partial charge < -0.3 is 4.90 Å². The van der Waals surface area contributed by atoms with E-state index in [2.05, 4.69) is 15.9 Å². The first kappa shape index (κ1) is 19.6. The first-order chi connectivity index (χ1) is 13.4. The van der Waals surface area contributed by atoms with Gasteiger partial charge in [-0.15, -0.1) is 0 Å². The molecule has 0 aliphatic carbocycles. The van der Waals surface area contributed by atoms with Crippen LogP contribution in [0.15, 0.2) is 51.8 Å². The maximum absolute atomic E-state index is 12.9. The monoisotopic (exact) mass is 462 g/mol. The molecule has 0 spiro atoms. The highest BCUT2D eigenvalue weighted by molar-refractivity contribution is 9.10. The molecular weight excluding hydrogens is 440 g/mol. The predicted octanol–water partition coefficient (Wildman–Crippen LogP) is 3.76. The molecule has 28 heavy (non-hydrogen) atoms. The molecule has 1 saturated heterocycles. The summed E-state index contributed by atoms with van der Waals surface area (Å²) in [6, 6.07) is 12.9. The number of halogens is 1. The number of fused-ring (bicyclic) bond motifs is 1. The zero-order valence-electron chi connectivity index (χ0n) is 15.6. The van der Waals surface area contributed by atoms with Crippen molar-refractivity contribution in [2.24, 2.45) is 0 Å². The van der Waals surface area contributed by atoms with Crippen LogP contribution in [-0.2, 0) is 27.7 Å². The summed E-state index contributed by atoms with van der Waals surface area (Å²) in [5.41, 5.74) is 2.73. The Morgan fingerprint density at radius 2 is 1.68 bits per heavy atom. The van der Waals surface area contributed by atoms with Crippen LogP contribution in [0.3, 0.4) is 0 Å². The van der Waals surface area contributed by atoms with Crippen LogP contribution in [0.1, 0.15) is 30.4 Å². The third-order valence-corrected chi connectivity index (χ3v) is 7.89. The van der Waals surface area contributed by atoms with E-state index < -0.39 is 10.0 Å². The van der Waals surface area contributed by atoms with E-state index in [0.717, 1.165) is 40.5 Å². The highest BCUT2D eigenvalue weighted by Gasteiger charge is 2.30. The van der Waals surface area contributed by atoms with E-state index in [0.29, 0.717) is 37.4 Å². The summed E-state index contributed by atoms with van der Waals surface area (Å²) in [5.74, 6) is 0.0349. The molecule has 2 heterocycles. The van der Waals surface area contributed by atoms with E-state index in [9.17, 15) is 13.2 Å². The lowest BCUT2D eigenvalue weighted by Crippen LogP contribution is -2.35. The van der Waals surface area contributed by atoms with Crippen LogP contribution in [0.5, 0.6) is 0 Å². The van der Waals surface area contributed by atoms with Gasteiger partial charge in [0.1, 0.15) is 0 Å². The standard InChI is InChI=1S/C21H23BrN2O3S/c22-18-6-4-16(5-7-18)14-21(25)24-13-10-17-15-19(8-9-20(17)24)28(26,27)23-11-2-1-3-12-23/h4-9,15H,1-3,10-14H2. The number of carbonyl (C=O) groups is 1. The summed E-state index contributed by atoms with van der Waals surface area (Å²) in [6.07, 6.45) is 3.95. The molecule has 0 atom stereocenters. The van der Waals surface area contributed by atoms with Gasteiger partial charge in [0.2, 0.25) is 15.9 Å². The van der Waals surface area contributed by atoms with E-state index in [4.69, 9.17) is 0 Å². The Hall–Kier alpha value is -1.70. The Morgan fingerprint density at radius 1 is 0.964 bits per heavy atom. The lowest BCUT2D eigenvalue weighted by atomic mass is 10.1. The molecule has 2 aromatic carbocycles. The molecule has 2 aromatic rings. The van der Waals surface area contributed by atoms with Crippen molar-refractivity contribution >= 4 is 37.5 Å². The first-order valence-corrected chi connectivity index (χ1v) is 11.9. The van der Waals surface area contributed by atoms with E-state index in [1.807, 2.05) is 24.3 Å². The van der Waals surface area contributed by atoms with Crippen molar-refractivity contribution in [3.63, 3.8) is 0 Å². The predicted molar refractivity (Wildman–Crippen MR) is 113 cm³/mol. The van der Waals surface area contributed by atoms with Crippen molar-refractivity contribution in [2.45, 2.75) is 37.0 Å². The number of sulfonamides is 1. The summed E-state index contributed by atoms with van der Waals surface area (Å²) < 4.78 is 28.4. The average molecular weight is 463 g/mol. The number of hydrogen-bond donors (Lipinski definition) is 0. The Morgan fingerprint density at radius 3 is 2.39 bits per heavy atom. The van der Waals surface area contributed by atoms with Crippen LogP contribution < -0.4 is 4.90 Å². The minimum Gasteiger partial charge on any atom is -0.312 e. The first-order valence-electron chi connectivity index (χ1n) is 9.63. The quantitative estimate of drug-likeness (QED) is 0.694. The second-order valence-corrected chi connectivity index (χ2v) is 10.2. The Labute approximate surface area is 174 Å². The van der Waals surface area contributed by atoms with Crippen LogP contribution in [0.25, 0.3) is 0 Å². The van der Waals surface area contributed by atoms with Crippen molar-refractivity contribution < 1.29 is 13.2 Å². The highest BCUT2D eigenvalue weighted by atomic mass is 79.9. The smallest absolute Gasteiger partial charge is 0.243 e. The second-order valence-electron chi connectivity index (χ2n) is 7.35. The number of rotatable bonds is 4. The molecule has 7 heteroatoms. The van der Waals surface area contributed by atoms with Gasteiger partial charge in [0.25, 0.3) is 0 Å². The molecule has 0 bridgehead atoms. The van der Waals surface area contributed by atoms with Crippen molar-refractivity contribution in [3.05, 3.63) is 58.1 Å². The molecule has 1 fully saturated rings.